The average molecular weight is 373 g/mol. The number of aromatic nitrogens is 2. The number of hydrogen-bond acceptors (Lipinski definition) is 5. The molecule has 116 valence electrons. The fourth-order valence-electron chi connectivity index (χ4n) is 2.34. The van der Waals surface area contributed by atoms with Crippen LogP contribution in [0.3, 0.4) is 0 Å². The summed E-state index contributed by atoms with van der Waals surface area (Å²) in [5.41, 5.74) is 2.09. The lowest BCUT2D eigenvalue weighted by molar-refractivity contribution is -0.384. The SMILES string of the molecule is O=[N+]([O-])c1cnc2ccc(Br)cc2c1NCCc1ccccn1. The molecule has 0 saturated heterocycles. The first-order valence-electron chi connectivity index (χ1n) is 7.01. The van der Waals surface area contributed by atoms with Gasteiger partial charge in [-0.25, -0.2) is 4.98 Å². The minimum absolute atomic E-state index is 0.0309. The second-order valence-corrected chi connectivity index (χ2v) is 5.85. The number of hydrogen-bond donors (Lipinski definition) is 1. The van der Waals surface area contributed by atoms with Crippen molar-refractivity contribution in [1.29, 1.82) is 0 Å². The highest BCUT2D eigenvalue weighted by Crippen LogP contribution is 2.33. The van der Waals surface area contributed by atoms with E-state index in [1.54, 1.807) is 6.20 Å². The van der Waals surface area contributed by atoms with Crippen LogP contribution in [0.25, 0.3) is 10.9 Å². The number of nitrogens with one attached hydrogen (secondary N) is 1. The van der Waals surface area contributed by atoms with E-state index in [-0.39, 0.29) is 5.69 Å². The molecule has 1 aromatic carbocycles. The third-order valence-electron chi connectivity index (χ3n) is 3.42. The summed E-state index contributed by atoms with van der Waals surface area (Å²) in [5, 5.41) is 15.2. The molecule has 0 radical (unpaired) electrons. The molecule has 7 heteroatoms. The van der Waals surface area contributed by atoms with Crippen LogP contribution in [0, 0.1) is 10.1 Å². The van der Waals surface area contributed by atoms with E-state index in [2.05, 4.69) is 31.2 Å². The van der Waals surface area contributed by atoms with Crippen LogP contribution in [-0.2, 0) is 6.42 Å². The van der Waals surface area contributed by atoms with Gasteiger partial charge >= 0.3 is 5.69 Å². The lowest BCUT2D eigenvalue weighted by Gasteiger charge is -2.10. The van der Waals surface area contributed by atoms with Crippen LogP contribution in [-0.4, -0.2) is 21.4 Å². The standard InChI is InChI=1S/C16H13BrN4O2/c17-11-4-5-14-13(9-11)16(15(10-20-14)21(22)23)19-8-6-12-3-1-2-7-18-12/h1-5,7,9-10H,6,8H2,(H,19,20). The third-order valence-corrected chi connectivity index (χ3v) is 3.91. The van der Waals surface area contributed by atoms with Gasteiger partial charge in [-0.15, -0.1) is 0 Å². The van der Waals surface area contributed by atoms with Gasteiger partial charge in [0.05, 0.1) is 10.4 Å². The molecule has 2 heterocycles. The Morgan fingerprint density at radius 1 is 1.22 bits per heavy atom. The van der Waals surface area contributed by atoms with E-state index in [1.165, 1.54) is 6.20 Å². The number of pyridine rings is 2. The van der Waals surface area contributed by atoms with Crippen molar-refractivity contribution in [3.8, 4) is 0 Å². The predicted molar refractivity (Wildman–Crippen MR) is 92.5 cm³/mol. The van der Waals surface area contributed by atoms with Crippen LogP contribution < -0.4 is 5.32 Å². The molecule has 0 spiro atoms. The van der Waals surface area contributed by atoms with Gasteiger partial charge in [-0.1, -0.05) is 22.0 Å². The topological polar surface area (TPSA) is 81.0 Å². The zero-order chi connectivity index (χ0) is 16.2. The maximum absolute atomic E-state index is 11.3. The molecule has 0 bridgehead atoms. The van der Waals surface area contributed by atoms with E-state index in [1.807, 2.05) is 36.4 Å². The normalized spacial score (nSPS) is 10.7. The van der Waals surface area contributed by atoms with Gasteiger partial charge in [0.25, 0.3) is 0 Å². The fraction of sp³-hybridized carbons (Fsp3) is 0.125. The van der Waals surface area contributed by atoms with Gasteiger partial charge in [0.15, 0.2) is 0 Å². The lowest BCUT2D eigenvalue weighted by atomic mass is 10.1. The number of anilines is 1. The second kappa shape index (κ2) is 6.70. The molecule has 0 fully saturated rings. The van der Waals surface area contributed by atoms with Gasteiger partial charge in [-0.2, -0.15) is 0 Å². The highest BCUT2D eigenvalue weighted by molar-refractivity contribution is 9.10. The van der Waals surface area contributed by atoms with Crippen molar-refractivity contribution >= 4 is 38.2 Å². The van der Waals surface area contributed by atoms with E-state index in [0.29, 0.717) is 24.2 Å². The number of nitro groups is 1. The number of benzene rings is 1. The lowest BCUT2D eigenvalue weighted by Crippen LogP contribution is -2.08. The quantitative estimate of drug-likeness (QED) is 0.541. The van der Waals surface area contributed by atoms with Gasteiger partial charge in [-0.05, 0) is 30.3 Å². The van der Waals surface area contributed by atoms with Gasteiger partial charge in [0.2, 0.25) is 0 Å². The summed E-state index contributed by atoms with van der Waals surface area (Å²) in [4.78, 5) is 19.3. The number of halogens is 1. The number of fused-ring (bicyclic) bond motifs is 1. The van der Waals surface area contributed by atoms with E-state index in [9.17, 15) is 10.1 Å². The maximum Gasteiger partial charge on any atom is 0.311 e. The molecule has 0 atom stereocenters. The molecule has 0 saturated carbocycles. The molecule has 23 heavy (non-hydrogen) atoms. The van der Waals surface area contributed by atoms with Crippen LogP contribution in [0.4, 0.5) is 11.4 Å². The van der Waals surface area contributed by atoms with Crippen molar-refractivity contribution in [2.45, 2.75) is 6.42 Å². The van der Waals surface area contributed by atoms with Crippen molar-refractivity contribution in [2.75, 3.05) is 11.9 Å². The summed E-state index contributed by atoms with van der Waals surface area (Å²) in [6.45, 7) is 0.545. The van der Waals surface area contributed by atoms with Crippen molar-refractivity contribution < 1.29 is 4.92 Å². The number of nitrogens with zero attached hydrogens (tertiary/aromatic N) is 3. The number of rotatable bonds is 5. The molecule has 2 aromatic heterocycles. The molecular formula is C16H13BrN4O2. The summed E-state index contributed by atoms with van der Waals surface area (Å²) >= 11 is 3.40. The average Bonchev–Trinajstić information content (AvgIpc) is 2.55. The molecule has 0 amide bonds. The van der Waals surface area contributed by atoms with Gasteiger partial charge in [-0.3, -0.25) is 15.1 Å². The monoisotopic (exact) mass is 372 g/mol. The maximum atomic E-state index is 11.3. The molecule has 1 N–H and O–H groups in total. The summed E-state index contributed by atoms with van der Waals surface area (Å²) in [7, 11) is 0. The molecule has 6 nitrogen and oxygen atoms in total. The van der Waals surface area contributed by atoms with Gasteiger partial charge < -0.3 is 5.32 Å². The van der Waals surface area contributed by atoms with Crippen LogP contribution in [0.2, 0.25) is 0 Å². The molecule has 0 unspecified atom stereocenters. The van der Waals surface area contributed by atoms with Crippen LogP contribution in [0.1, 0.15) is 5.69 Å². The van der Waals surface area contributed by atoms with Gasteiger partial charge in [0, 0.05) is 34.7 Å². The predicted octanol–water partition coefficient (Wildman–Crippen LogP) is 3.96. The highest BCUT2D eigenvalue weighted by Gasteiger charge is 2.18. The first-order valence-corrected chi connectivity index (χ1v) is 7.81. The summed E-state index contributed by atoms with van der Waals surface area (Å²) in [6, 6.07) is 11.2. The van der Waals surface area contributed by atoms with E-state index >= 15 is 0 Å². The summed E-state index contributed by atoms with van der Waals surface area (Å²) in [6.07, 6.45) is 3.70. The van der Waals surface area contributed by atoms with Crippen molar-refractivity contribution in [1.82, 2.24) is 9.97 Å². The molecule has 3 aromatic rings. The Bertz CT molecular complexity index is 855. The van der Waals surface area contributed by atoms with Crippen LogP contribution in [0.15, 0.2) is 53.3 Å². The Hall–Kier alpha value is -2.54. The molecule has 3 rings (SSSR count). The summed E-state index contributed by atoms with van der Waals surface area (Å²) < 4.78 is 0.847. The molecular weight excluding hydrogens is 360 g/mol. The van der Waals surface area contributed by atoms with Crippen molar-refractivity contribution in [2.24, 2.45) is 0 Å². The Kier molecular flexibility index (Phi) is 4.47. The first kappa shape index (κ1) is 15.4. The molecule has 0 aliphatic heterocycles. The Morgan fingerprint density at radius 3 is 2.83 bits per heavy atom. The van der Waals surface area contributed by atoms with E-state index in [0.717, 1.165) is 15.6 Å². The van der Waals surface area contributed by atoms with E-state index < -0.39 is 4.92 Å². The van der Waals surface area contributed by atoms with Crippen LogP contribution in [0.5, 0.6) is 0 Å². The smallest absolute Gasteiger partial charge is 0.311 e. The third kappa shape index (κ3) is 3.45. The molecule has 0 aliphatic rings. The molecule has 0 aliphatic carbocycles. The Balaban J connectivity index is 1.92. The zero-order valence-electron chi connectivity index (χ0n) is 12.1. The van der Waals surface area contributed by atoms with Gasteiger partial charge in [0.1, 0.15) is 11.9 Å². The highest BCUT2D eigenvalue weighted by atomic mass is 79.9. The Morgan fingerprint density at radius 2 is 2.09 bits per heavy atom. The fourth-order valence-corrected chi connectivity index (χ4v) is 2.70. The minimum Gasteiger partial charge on any atom is -0.378 e. The first-order chi connectivity index (χ1) is 11.1. The summed E-state index contributed by atoms with van der Waals surface area (Å²) in [5.74, 6) is 0. The minimum atomic E-state index is -0.420. The Labute approximate surface area is 140 Å². The largest absolute Gasteiger partial charge is 0.378 e. The van der Waals surface area contributed by atoms with Crippen molar-refractivity contribution in [3.63, 3.8) is 0 Å². The van der Waals surface area contributed by atoms with Crippen LogP contribution >= 0.6 is 15.9 Å². The van der Waals surface area contributed by atoms with E-state index in [4.69, 9.17) is 0 Å². The van der Waals surface area contributed by atoms with Crippen molar-refractivity contribution in [3.05, 3.63) is 69.1 Å². The zero-order valence-corrected chi connectivity index (χ0v) is 13.7. The second-order valence-electron chi connectivity index (χ2n) is 4.93.